The number of ether oxygens (including phenoxy) is 1. The minimum atomic E-state index is -1.30. The SMILES string of the molecule is C#C.CC(F)CN(CC(=O)O)C(=O)OC(C)(C)C. The summed E-state index contributed by atoms with van der Waals surface area (Å²) in [6.07, 6.45) is 5.88. The molecule has 0 aliphatic carbocycles. The van der Waals surface area contributed by atoms with Crippen LogP contribution in [0.4, 0.5) is 9.18 Å². The van der Waals surface area contributed by atoms with Crippen molar-refractivity contribution in [2.24, 2.45) is 0 Å². The summed E-state index contributed by atoms with van der Waals surface area (Å²) < 4.78 is 17.7. The molecule has 1 atom stereocenters. The Labute approximate surface area is 107 Å². The third-order valence-corrected chi connectivity index (χ3v) is 1.45. The zero-order chi connectivity index (χ0) is 14.9. The van der Waals surface area contributed by atoms with Crippen LogP contribution >= 0.6 is 0 Å². The smallest absolute Gasteiger partial charge is 0.410 e. The summed E-state index contributed by atoms with van der Waals surface area (Å²) in [5, 5.41) is 8.57. The van der Waals surface area contributed by atoms with Gasteiger partial charge in [0.05, 0.1) is 6.54 Å². The van der Waals surface area contributed by atoms with E-state index < -0.39 is 30.4 Å². The number of carbonyl (C=O) groups excluding carboxylic acids is 1. The van der Waals surface area contributed by atoms with Crippen LogP contribution in [-0.2, 0) is 9.53 Å². The first-order valence-electron chi connectivity index (χ1n) is 5.29. The molecule has 0 aliphatic heterocycles. The van der Waals surface area contributed by atoms with E-state index in [1.54, 1.807) is 20.8 Å². The molecule has 6 heteroatoms. The molecule has 0 aromatic heterocycles. The zero-order valence-electron chi connectivity index (χ0n) is 11.1. The van der Waals surface area contributed by atoms with E-state index in [9.17, 15) is 14.0 Å². The van der Waals surface area contributed by atoms with Crippen molar-refractivity contribution >= 4 is 12.1 Å². The van der Waals surface area contributed by atoms with Crippen LogP contribution < -0.4 is 0 Å². The van der Waals surface area contributed by atoms with Crippen LogP contribution in [0, 0.1) is 12.8 Å². The number of halogens is 1. The fraction of sp³-hybridized carbons (Fsp3) is 0.667. The third-order valence-electron chi connectivity index (χ3n) is 1.45. The lowest BCUT2D eigenvalue weighted by Crippen LogP contribution is -2.42. The van der Waals surface area contributed by atoms with Gasteiger partial charge in [0.1, 0.15) is 18.3 Å². The lowest BCUT2D eigenvalue weighted by molar-refractivity contribution is -0.138. The van der Waals surface area contributed by atoms with Gasteiger partial charge in [0, 0.05) is 0 Å². The molecule has 0 saturated heterocycles. The molecule has 1 N–H and O–H groups in total. The molecular formula is C12H20FNO4. The van der Waals surface area contributed by atoms with Crippen LogP contribution in [-0.4, -0.2) is 46.9 Å². The molecule has 1 amide bonds. The molecule has 0 spiro atoms. The Morgan fingerprint density at radius 2 is 1.83 bits per heavy atom. The normalized spacial score (nSPS) is 11.7. The highest BCUT2D eigenvalue weighted by molar-refractivity contribution is 5.76. The number of terminal acetylenes is 1. The molecule has 0 aliphatic rings. The van der Waals surface area contributed by atoms with Gasteiger partial charge in [0.15, 0.2) is 0 Å². The first-order valence-corrected chi connectivity index (χ1v) is 5.29. The number of aliphatic carboxylic acids is 1. The Bertz CT molecular complexity index is 294. The van der Waals surface area contributed by atoms with Crippen molar-refractivity contribution in [1.82, 2.24) is 4.90 Å². The fourth-order valence-corrected chi connectivity index (χ4v) is 0.997. The van der Waals surface area contributed by atoms with Crippen LogP contribution in [0.3, 0.4) is 0 Å². The molecule has 0 rings (SSSR count). The van der Waals surface area contributed by atoms with E-state index in [1.165, 1.54) is 6.92 Å². The number of carbonyl (C=O) groups is 2. The van der Waals surface area contributed by atoms with E-state index in [0.717, 1.165) is 4.90 Å². The van der Waals surface area contributed by atoms with Crippen molar-refractivity contribution in [2.45, 2.75) is 39.5 Å². The van der Waals surface area contributed by atoms with Crippen LogP contribution in [0.25, 0.3) is 0 Å². The third kappa shape index (κ3) is 10.7. The highest BCUT2D eigenvalue weighted by Gasteiger charge is 2.24. The van der Waals surface area contributed by atoms with Crippen LogP contribution in [0.15, 0.2) is 0 Å². The molecular weight excluding hydrogens is 241 g/mol. The average molecular weight is 261 g/mol. The van der Waals surface area contributed by atoms with Crippen molar-refractivity contribution in [1.29, 1.82) is 0 Å². The van der Waals surface area contributed by atoms with E-state index in [0.29, 0.717) is 0 Å². The molecule has 0 fully saturated rings. The maximum Gasteiger partial charge on any atom is 0.410 e. The van der Waals surface area contributed by atoms with E-state index in [-0.39, 0.29) is 6.54 Å². The number of alkyl halides is 1. The largest absolute Gasteiger partial charge is 0.480 e. The Kier molecular flexibility index (Phi) is 8.61. The second kappa shape index (κ2) is 8.34. The first kappa shape index (κ1) is 18.6. The first-order chi connectivity index (χ1) is 8.11. The van der Waals surface area contributed by atoms with Crippen LogP contribution in [0.1, 0.15) is 27.7 Å². The fourth-order valence-electron chi connectivity index (χ4n) is 0.997. The highest BCUT2D eigenvalue weighted by atomic mass is 19.1. The van der Waals surface area contributed by atoms with Gasteiger partial charge in [-0.25, -0.2) is 9.18 Å². The standard InChI is InChI=1S/C10H18FNO4.C2H2/c1-7(11)5-12(6-8(13)14)9(15)16-10(2,3)4;1-2/h7H,5-6H2,1-4H3,(H,13,14);1-2H. The predicted molar refractivity (Wildman–Crippen MR) is 65.9 cm³/mol. The quantitative estimate of drug-likeness (QED) is 0.785. The molecule has 5 nitrogen and oxygen atoms in total. The van der Waals surface area contributed by atoms with Crippen molar-refractivity contribution < 1.29 is 23.8 Å². The number of carboxylic acid groups (broad SMARTS) is 1. The second-order valence-electron chi connectivity index (χ2n) is 4.54. The van der Waals surface area contributed by atoms with Gasteiger partial charge in [-0.2, -0.15) is 0 Å². The number of hydrogen-bond acceptors (Lipinski definition) is 3. The van der Waals surface area contributed by atoms with Gasteiger partial charge >= 0.3 is 12.1 Å². The lowest BCUT2D eigenvalue weighted by Gasteiger charge is -2.26. The molecule has 0 aromatic rings. The lowest BCUT2D eigenvalue weighted by atomic mass is 10.2. The van der Waals surface area contributed by atoms with E-state index in [4.69, 9.17) is 9.84 Å². The van der Waals surface area contributed by atoms with Crippen molar-refractivity contribution in [3.63, 3.8) is 0 Å². The summed E-state index contributed by atoms with van der Waals surface area (Å²) in [4.78, 5) is 22.8. The molecule has 0 bridgehead atoms. The molecule has 0 aromatic carbocycles. The number of hydrogen-bond donors (Lipinski definition) is 1. The Balaban J connectivity index is 0. The summed E-state index contributed by atoms with van der Waals surface area (Å²) in [6.45, 7) is 5.36. The van der Waals surface area contributed by atoms with Gasteiger partial charge in [-0.1, -0.05) is 0 Å². The Hall–Kier alpha value is -1.77. The Morgan fingerprint density at radius 1 is 1.39 bits per heavy atom. The second-order valence-corrected chi connectivity index (χ2v) is 4.54. The van der Waals surface area contributed by atoms with Gasteiger partial charge in [-0.15, -0.1) is 12.8 Å². The topological polar surface area (TPSA) is 66.8 Å². The minimum absolute atomic E-state index is 0.290. The molecule has 104 valence electrons. The van der Waals surface area contributed by atoms with Gasteiger partial charge in [0.25, 0.3) is 0 Å². The van der Waals surface area contributed by atoms with Crippen LogP contribution in [0.5, 0.6) is 0 Å². The number of rotatable bonds is 4. The molecule has 0 saturated carbocycles. The van der Waals surface area contributed by atoms with Crippen molar-refractivity contribution in [3.8, 4) is 12.8 Å². The van der Waals surface area contributed by atoms with Crippen molar-refractivity contribution in [2.75, 3.05) is 13.1 Å². The number of carboxylic acids is 1. The maximum absolute atomic E-state index is 12.8. The number of nitrogens with zero attached hydrogens (tertiary/aromatic N) is 1. The summed E-state index contributed by atoms with van der Waals surface area (Å²) >= 11 is 0. The molecule has 1 unspecified atom stereocenters. The maximum atomic E-state index is 12.8. The average Bonchev–Trinajstić information content (AvgIpc) is 2.15. The molecule has 0 radical (unpaired) electrons. The van der Waals surface area contributed by atoms with Gasteiger partial charge < -0.3 is 9.84 Å². The molecule has 18 heavy (non-hydrogen) atoms. The summed E-state index contributed by atoms with van der Waals surface area (Å²) in [6, 6.07) is 0. The summed E-state index contributed by atoms with van der Waals surface area (Å²) in [7, 11) is 0. The zero-order valence-corrected chi connectivity index (χ0v) is 11.1. The minimum Gasteiger partial charge on any atom is -0.480 e. The Morgan fingerprint density at radius 3 is 2.11 bits per heavy atom. The van der Waals surface area contributed by atoms with E-state index in [1.807, 2.05) is 0 Å². The predicted octanol–water partition coefficient (Wildman–Crippen LogP) is 1.92. The van der Waals surface area contributed by atoms with E-state index in [2.05, 4.69) is 12.8 Å². The monoisotopic (exact) mass is 261 g/mol. The van der Waals surface area contributed by atoms with Crippen molar-refractivity contribution in [3.05, 3.63) is 0 Å². The highest BCUT2D eigenvalue weighted by Crippen LogP contribution is 2.10. The van der Waals surface area contributed by atoms with Gasteiger partial charge in [0.2, 0.25) is 0 Å². The summed E-state index contributed by atoms with van der Waals surface area (Å²) in [5.41, 5.74) is -0.729. The van der Waals surface area contributed by atoms with Crippen LogP contribution in [0.2, 0.25) is 0 Å². The number of amides is 1. The molecule has 0 heterocycles. The van der Waals surface area contributed by atoms with Gasteiger partial charge in [-0.3, -0.25) is 9.69 Å². The summed E-state index contributed by atoms with van der Waals surface area (Å²) in [5.74, 6) is -1.20. The van der Waals surface area contributed by atoms with E-state index >= 15 is 0 Å². The van der Waals surface area contributed by atoms with Gasteiger partial charge in [-0.05, 0) is 27.7 Å².